The molecule has 1 aliphatic carbocycles. The Morgan fingerprint density at radius 2 is 2.05 bits per heavy atom. The van der Waals surface area contributed by atoms with E-state index < -0.39 is 18.9 Å². The number of allylic oxidation sites excluding steroid dienone is 1. The van der Waals surface area contributed by atoms with Crippen LogP contribution in [0.5, 0.6) is 0 Å². The van der Waals surface area contributed by atoms with Crippen molar-refractivity contribution in [1.29, 1.82) is 0 Å². The largest absolute Gasteiger partial charge is 0.434 e. The molecule has 0 aromatic heterocycles. The molecular formula is C15H25BrO4Si. The smallest absolute Gasteiger partial charge is 0.328 e. The van der Waals surface area contributed by atoms with Gasteiger partial charge in [0.25, 0.3) is 0 Å². The predicted molar refractivity (Wildman–Crippen MR) is 87.9 cm³/mol. The summed E-state index contributed by atoms with van der Waals surface area (Å²) >= 11 is 3.65. The van der Waals surface area contributed by atoms with Gasteiger partial charge in [-0.15, -0.1) is 0 Å². The van der Waals surface area contributed by atoms with Crippen LogP contribution < -0.4 is 0 Å². The van der Waals surface area contributed by atoms with E-state index in [-0.39, 0.29) is 23.0 Å². The van der Waals surface area contributed by atoms with Crippen LogP contribution in [0.4, 0.5) is 0 Å². The molecule has 4 nitrogen and oxygen atoms in total. The van der Waals surface area contributed by atoms with Gasteiger partial charge in [-0.3, -0.25) is 4.79 Å². The maximum Gasteiger partial charge on any atom is 0.328 e. The van der Waals surface area contributed by atoms with E-state index in [0.29, 0.717) is 0 Å². The molecule has 1 heterocycles. The predicted octanol–water partition coefficient (Wildman–Crippen LogP) is 3.62. The number of cyclic esters (lactones) is 1. The van der Waals surface area contributed by atoms with Gasteiger partial charge in [0.2, 0.25) is 6.29 Å². The summed E-state index contributed by atoms with van der Waals surface area (Å²) in [6.45, 7) is 10.9. The normalized spacial score (nSPS) is 36.5. The maximum absolute atomic E-state index is 12.4. The molecule has 0 bridgehead atoms. The zero-order valence-corrected chi connectivity index (χ0v) is 16.2. The number of rotatable bonds is 3. The number of hydrogen-bond acceptors (Lipinski definition) is 4. The second kappa shape index (κ2) is 5.48. The standard InChI is InChI=1S/C15H25BrO4Si/c1-14(2,3)21(5,6)20-11-9-7-8-10-12(18-4)19-13(17)15(10,11)16/h7,9-12H,8H2,1-6H3/t10-,11-,12+,15-/m1/s1. The minimum absolute atomic E-state index is 0.0604. The molecule has 6 heteroatoms. The molecular weight excluding hydrogens is 352 g/mol. The highest BCUT2D eigenvalue weighted by molar-refractivity contribution is 9.10. The molecule has 0 saturated carbocycles. The first kappa shape index (κ1) is 17.2. The minimum atomic E-state index is -1.99. The van der Waals surface area contributed by atoms with Gasteiger partial charge in [-0.25, -0.2) is 0 Å². The Kier molecular flexibility index (Phi) is 4.48. The summed E-state index contributed by atoms with van der Waals surface area (Å²) in [5, 5.41) is 0.0836. The van der Waals surface area contributed by atoms with E-state index in [0.717, 1.165) is 6.42 Å². The lowest BCUT2D eigenvalue weighted by atomic mass is 9.82. The first-order chi connectivity index (χ1) is 9.54. The number of halogens is 1. The number of hydrogen-bond donors (Lipinski definition) is 0. The monoisotopic (exact) mass is 376 g/mol. The molecule has 2 aliphatic rings. The third-order valence-electron chi connectivity index (χ3n) is 4.98. The second-order valence-electron chi connectivity index (χ2n) is 7.35. The summed E-state index contributed by atoms with van der Waals surface area (Å²) in [7, 11) is -0.423. The molecule has 0 aromatic rings. The van der Waals surface area contributed by atoms with Crippen molar-refractivity contribution < 1.29 is 18.7 Å². The summed E-state index contributed by atoms with van der Waals surface area (Å²) in [6, 6.07) is 0. The summed E-state index contributed by atoms with van der Waals surface area (Å²) < 4.78 is 16.3. The first-order valence-corrected chi connectivity index (χ1v) is 11.0. The number of esters is 1. The second-order valence-corrected chi connectivity index (χ2v) is 13.4. The Morgan fingerprint density at radius 1 is 1.43 bits per heavy atom. The third kappa shape index (κ3) is 2.75. The van der Waals surface area contributed by atoms with Crippen molar-refractivity contribution in [3.8, 4) is 0 Å². The van der Waals surface area contributed by atoms with E-state index in [2.05, 4.69) is 55.9 Å². The molecule has 0 amide bonds. The number of alkyl halides is 1. The molecule has 0 unspecified atom stereocenters. The van der Waals surface area contributed by atoms with E-state index in [1.807, 2.05) is 6.08 Å². The summed E-state index contributed by atoms with van der Waals surface area (Å²) in [5.41, 5.74) is 0. The van der Waals surface area contributed by atoms with Gasteiger partial charge in [-0.2, -0.15) is 0 Å². The van der Waals surface area contributed by atoms with Crippen molar-refractivity contribution >= 4 is 30.2 Å². The van der Waals surface area contributed by atoms with E-state index in [4.69, 9.17) is 13.9 Å². The molecule has 120 valence electrons. The maximum atomic E-state index is 12.4. The fourth-order valence-electron chi connectivity index (χ4n) is 2.56. The number of carbonyl (C=O) groups is 1. The third-order valence-corrected chi connectivity index (χ3v) is 10.8. The van der Waals surface area contributed by atoms with Crippen molar-refractivity contribution in [3.05, 3.63) is 12.2 Å². The van der Waals surface area contributed by atoms with Crippen LogP contribution in [-0.4, -0.2) is 38.1 Å². The Labute approximate surface area is 136 Å². The van der Waals surface area contributed by atoms with E-state index in [9.17, 15) is 4.79 Å². The van der Waals surface area contributed by atoms with Crippen LogP contribution in [0, 0.1) is 5.92 Å². The lowest BCUT2D eigenvalue weighted by Gasteiger charge is -2.43. The zero-order chi connectivity index (χ0) is 16.1. The van der Waals surface area contributed by atoms with Gasteiger partial charge in [-0.05, 0) is 24.6 Å². The van der Waals surface area contributed by atoms with Crippen LogP contribution in [0.1, 0.15) is 27.2 Å². The SMILES string of the molecule is CO[C@H]1OC(=O)[C@@]2(Br)[C@@H]1CC=C[C@H]2O[Si](C)(C)C(C)(C)C. The van der Waals surface area contributed by atoms with Gasteiger partial charge in [-0.1, -0.05) is 48.9 Å². The lowest BCUT2D eigenvalue weighted by molar-refractivity contribution is -0.161. The van der Waals surface area contributed by atoms with E-state index in [1.54, 1.807) is 7.11 Å². The summed E-state index contributed by atoms with van der Waals surface area (Å²) in [6.07, 6.45) is 3.98. The lowest BCUT2D eigenvalue weighted by Crippen LogP contribution is -2.55. The molecule has 4 atom stereocenters. The number of carbonyl (C=O) groups excluding carboxylic acids is 1. The molecule has 0 radical (unpaired) electrons. The number of ether oxygens (including phenoxy) is 2. The molecule has 2 rings (SSSR count). The minimum Gasteiger partial charge on any atom is -0.434 e. The van der Waals surface area contributed by atoms with Crippen LogP contribution in [0.15, 0.2) is 12.2 Å². The van der Waals surface area contributed by atoms with Crippen LogP contribution in [0.25, 0.3) is 0 Å². The summed E-state index contributed by atoms with van der Waals surface area (Å²) in [4.78, 5) is 12.4. The van der Waals surface area contributed by atoms with E-state index >= 15 is 0 Å². The van der Waals surface area contributed by atoms with Gasteiger partial charge < -0.3 is 13.9 Å². The molecule has 1 aliphatic heterocycles. The highest BCUT2D eigenvalue weighted by Crippen LogP contribution is 2.50. The average molecular weight is 377 g/mol. The van der Waals surface area contributed by atoms with E-state index in [1.165, 1.54) is 0 Å². The van der Waals surface area contributed by atoms with Crippen LogP contribution >= 0.6 is 15.9 Å². The Balaban J connectivity index is 2.31. The molecule has 1 fully saturated rings. The van der Waals surface area contributed by atoms with Gasteiger partial charge >= 0.3 is 5.97 Å². The molecule has 0 N–H and O–H groups in total. The van der Waals surface area contributed by atoms with Gasteiger partial charge in [0.05, 0.1) is 12.0 Å². The molecule has 1 saturated heterocycles. The highest BCUT2D eigenvalue weighted by Gasteiger charge is 2.62. The van der Waals surface area contributed by atoms with Gasteiger partial charge in [0, 0.05) is 7.11 Å². The number of methoxy groups -OCH3 is 1. The molecule has 21 heavy (non-hydrogen) atoms. The highest BCUT2D eigenvalue weighted by atomic mass is 79.9. The fraction of sp³-hybridized carbons (Fsp3) is 0.800. The van der Waals surface area contributed by atoms with Crippen molar-refractivity contribution in [2.24, 2.45) is 5.92 Å². The zero-order valence-electron chi connectivity index (χ0n) is 13.6. The van der Waals surface area contributed by atoms with Crippen molar-refractivity contribution in [1.82, 2.24) is 0 Å². The van der Waals surface area contributed by atoms with Crippen LogP contribution in [0.2, 0.25) is 18.1 Å². The molecule has 0 spiro atoms. The van der Waals surface area contributed by atoms with Crippen molar-refractivity contribution in [2.45, 2.75) is 62.0 Å². The summed E-state index contributed by atoms with van der Waals surface area (Å²) in [5.74, 6) is -0.345. The Morgan fingerprint density at radius 3 is 2.57 bits per heavy atom. The Hall–Kier alpha value is -0.173. The fourth-order valence-corrected chi connectivity index (χ4v) is 4.73. The quantitative estimate of drug-likeness (QED) is 0.326. The number of fused-ring (bicyclic) bond motifs is 1. The van der Waals surface area contributed by atoms with Gasteiger partial charge in [0.1, 0.15) is 0 Å². The Bertz CT molecular complexity index is 457. The van der Waals surface area contributed by atoms with Crippen LogP contribution in [-0.2, 0) is 18.7 Å². The van der Waals surface area contributed by atoms with Gasteiger partial charge in [0.15, 0.2) is 12.6 Å². The van der Waals surface area contributed by atoms with Crippen molar-refractivity contribution in [3.63, 3.8) is 0 Å². The van der Waals surface area contributed by atoms with Crippen LogP contribution in [0.3, 0.4) is 0 Å². The van der Waals surface area contributed by atoms with Crippen molar-refractivity contribution in [2.75, 3.05) is 7.11 Å². The first-order valence-electron chi connectivity index (χ1n) is 7.31. The topological polar surface area (TPSA) is 44.8 Å². The molecule has 0 aromatic carbocycles. The average Bonchev–Trinajstić information content (AvgIpc) is 2.62.